The summed E-state index contributed by atoms with van der Waals surface area (Å²) in [6.07, 6.45) is 5.79. The maximum absolute atomic E-state index is 12.9. The van der Waals surface area contributed by atoms with Gasteiger partial charge in [0, 0.05) is 36.6 Å². The average molecular weight is 650 g/mol. The van der Waals surface area contributed by atoms with E-state index in [0.29, 0.717) is 11.4 Å². The molecule has 2 aromatic rings. The van der Waals surface area contributed by atoms with Crippen LogP contribution in [0.5, 0.6) is 0 Å². The van der Waals surface area contributed by atoms with Crippen molar-refractivity contribution in [3.63, 3.8) is 0 Å². The van der Waals surface area contributed by atoms with Gasteiger partial charge in [0.05, 0.1) is 38.4 Å². The van der Waals surface area contributed by atoms with Crippen molar-refractivity contribution in [3.05, 3.63) is 36.4 Å². The van der Waals surface area contributed by atoms with Crippen molar-refractivity contribution in [2.24, 2.45) is 11.7 Å². The molecule has 0 saturated heterocycles. The van der Waals surface area contributed by atoms with Crippen LogP contribution in [0, 0.1) is 5.92 Å². The SMILES string of the molecule is CC(C)[C@H](NC(=O)CNC(=O)[C@@H](N)Cc1cnc[nH]1)C(=O)N[C@@H](CO)C(=O)NCC(=O)N[C@@H](Cc1cnc[nH]1)C(=O)NCC(=O)O. The molecule has 0 aliphatic heterocycles. The van der Waals surface area contributed by atoms with E-state index >= 15 is 0 Å². The van der Waals surface area contributed by atoms with E-state index in [9.17, 15) is 38.7 Å². The molecular weight excluding hydrogens is 610 g/mol. The van der Waals surface area contributed by atoms with E-state index in [4.69, 9.17) is 10.8 Å². The topological polar surface area (TPSA) is 316 Å². The fourth-order valence-corrected chi connectivity index (χ4v) is 3.89. The number of imidazole rings is 2. The van der Waals surface area contributed by atoms with E-state index in [-0.39, 0.29) is 12.8 Å². The Morgan fingerprint density at radius 1 is 0.739 bits per heavy atom. The van der Waals surface area contributed by atoms with Gasteiger partial charge in [-0.05, 0) is 5.92 Å². The second kappa shape index (κ2) is 18.4. The second-order valence-electron chi connectivity index (χ2n) is 10.4. The van der Waals surface area contributed by atoms with E-state index in [1.54, 1.807) is 13.8 Å². The second-order valence-corrected chi connectivity index (χ2v) is 10.4. The molecule has 20 heteroatoms. The molecule has 0 saturated carbocycles. The standard InChI is InChI=1S/C26H39N11O9/c1-13(2)22(37-20(40)8-30-23(43)16(27)3-14-5-28-11-33-14)26(46)36-18(10-38)25(45)31-7-19(39)35-17(4-15-6-29-12-34-15)24(44)32-9-21(41)42/h5-6,11-13,16-18,22,38H,3-4,7-10,27H2,1-2H3,(H,28,33)(H,29,34)(H,30,43)(H,31,45)(H,32,44)(H,35,39)(H,36,46)(H,37,40)(H,41,42)/t16-,17-,18-,22-/m0/s1. The quantitative estimate of drug-likeness (QED) is 0.0680. The maximum atomic E-state index is 12.9. The van der Waals surface area contributed by atoms with Crippen LogP contribution in [0.1, 0.15) is 25.2 Å². The maximum Gasteiger partial charge on any atom is 0.322 e. The number of H-pyrrole nitrogens is 2. The third-order valence-electron chi connectivity index (χ3n) is 6.30. The van der Waals surface area contributed by atoms with Crippen LogP contribution in [0.2, 0.25) is 0 Å². The summed E-state index contributed by atoms with van der Waals surface area (Å²) >= 11 is 0. The third kappa shape index (κ3) is 12.7. The minimum atomic E-state index is -1.52. The predicted molar refractivity (Wildman–Crippen MR) is 157 cm³/mol. The van der Waals surface area contributed by atoms with Gasteiger partial charge in [0.15, 0.2) is 0 Å². The number of aromatic amines is 2. The molecule has 20 nitrogen and oxygen atoms in total. The van der Waals surface area contributed by atoms with Gasteiger partial charge in [-0.25, -0.2) is 9.97 Å². The largest absolute Gasteiger partial charge is 0.480 e. The lowest BCUT2D eigenvalue weighted by Gasteiger charge is -2.24. The van der Waals surface area contributed by atoms with Crippen molar-refractivity contribution in [2.75, 3.05) is 26.2 Å². The van der Waals surface area contributed by atoms with Crippen LogP contribution in [0.25, 0.3) is 0 Å². The molecule has 0 aliphatic carbocycles. The highest BCUT2D eigenvalue weighted by atomic mass is 16.4. The molecule has 0 aliphatic rings. The van der Waals surface area contributed by atoms with Crippen LogP contribution in [0.15, 0.2) is 25.0 Å². The van der Waals surface area contributed by atoms with Crippen LogP contribution >= 0.6 is 0 Å². The molecule has 12 N–H and O–H groups in total. The van der Waals surface area contributed by atoms with Crippen LogP contribution in [0.4, 0.5) is 0 Å². The highest BCUT2D eigenvalue weighted by Gasteiger charge is 2.29. The number of aliphatic hydroxyl groups excluding tert-OH is 1. The Morgan fingerprint density at radius 3 is 1.78 bits per heavy atom. The summed E-state index contributed by atoms with van der Waals surface area (Å²) in [6.45, 7) is 0.546. The van der Waals surface area contributed by atoms with Crippen molar-refractivity contribution in [1.29, 1.82) is 0 Å². The number of nitrogens with one attached hydrogen (secondary N) is 8. The minimum absolute atomic E-state index is 0.0650. The fourth-order valence-electron chi connectivity index (χ4n) is 3.89. The minimum Gasteiger partial charge on any atom is -0.480 e. The molecule has 0 radical (unpaired) electrons. The number of hydrogen-bond donors (Lipinski definition) is 11. The lowest BCUT2D eigenvalue weighted by Crippen LogP contribution is -2.58. The number of carbonyl (C=O) groups excluding carboxylic acids is 6. The Labute approximate surface area is 262 Å². The summed E-state index contributed by atoms with van der Waals surface area (Å²) in [6, 6.07) is -4.86. The Kier molecular flexibility index (Phi) is 14.8. The lowest BCUT2D eigenvalue weighted by atomic mass is 10.0. The molecule has 2 heterocycles. The van der Waals surface area contributed by atoms with Gasteiger partial charge in [-0.1, -0.05) is 13.8 Å². The van der Waals surface area contributed by atoms with Gasteiger partial charge >= 0.3 is 5.97 Å². The van der Waals surface area contributed by atoms with Gasteiger partial charge in [-0.2, -0.15) is 0 Å². The Morgan fingerprint density at radius 2 is 1.26 bits per heavy atom. The number of aromatic nitrogens is 4. The first-order valence-corrected chi connectivity index (χ1v) is 14.1. The Bertz CT molecular complexity index is 1330. The number of aliphatic carboxylic acids is 1. The van der Waals surface area contributed by atoms with E-state index in [0.717, 1.165) is 0 Å². The summed E-state index contributed by atoms with van der Waals surface area (Å²) < 4.78 is 0. The van der Waals surface area contributed by atoms with E-state index < -0.39 is 97.7 Å². The monoisotopic (exact) mass is 649 g/mol. The fraction of sp³-hybridized carbons (Fsp3) is 0.500. The van der Waals surface area contributed by atoms with Crippen molar-refractivity contribution in [1.82, 2.24) is 51.8 Å². The molecule has 2 rings (SSSR count). The number of carboxylic acid groups (broad SMARTS) is 1. The molecule has 0 spiro atoms. The molecule has 4 atom stereocenters. The molecular formula is C26H39N11O9. The molecule has 0 fully saturated rings. The van der Waals surface area contributed by atoms with E-state index in [1.165, 1.54) is 25.0 Å². The summed E-state index contributed by atoms with van der Waals surface area (Å²) in [5.41, 5.74) is 6.93. The molecule has 0 unspecified atom stereocenters. The van der Waals surface area contributed by atoms with Gasteiger partial charge in [-0.3, -0.25) is 33.6 Å². The summed E-state index contributed by atoms with van der Waals surface area (Å²) in [7, 11) is 0. The number of nitrogens with zero attached hydrogens (tertiary/aromatic N) is 2. The summed E-state index contributed by atoms with van der Waals surface area (Å²) in [4.78, 5) is 99.3. The van der Waals surface area contributed by atoms with Crippen molar-refractivity contribution < 1.29 is 43.8 Å². The summed E-state index contributed by atoms with van der Waals surface area (Å²) in [5, 5.41) is 32.5. The Balaban J connectivity index is 1.88. The number of nitrogens with two attached hydrogens (primary N) is 1. The van der Waals surface area contributed by atoms with Crippen LogP contribution in [0.3, 0.4) is 0 Å². The predicted octanol–water partition coefficient (Wildman–Crippen LogP) is -5.22. The van der Waals surface area contributed by atoms with Crippen molar-refractivity contribution in [2.45, 2.75) is 50.9 Å². The highest BCUT2D eigenvalue weighted by molar-refractivity contribution is 5.95. The smallest absolute Gasteiger partial charge is 0.322 e. The Hall–Kier alpha value is -5.37. The normalized spacial score (nSPS) is 13.4. The van der Waals surface area contributed by atoms with Crippen molar-refractivity contribution in [3.8, 4) is 0 Å². The number of rotatable bonds is 19. The molecule has 252 valence electrons. The molecule has 2 aromatic heterocycles. The first kappa shape index (κ1) is 36.8. The van der Waals surface area contributed by atoms with Gasteiger partial charge in [0.2, 0.25) is 35.4 Å². The van der Waals surface area contributed by atoms with Crippen LogP contribution < -0.4 is 37.6 Å². The first-order chi connectivity index (χ1) is 21.8. The van der Waals surface area contributed by atoms with Crippen LogP contribution in [-0.4, -0.2) is 122 Å². The van der Waals surface area contributed by atoms with Crippen LogP contribution in [-0.2, 0) is 46.4 Å². The molecule has 46 heavy (non-hydrogen) atoms. The zero-order valence-electron chi connectivity index (χ0n) is 25.2. The first-order valence-electron chi connectivity index (χ1n) is 14.1. The molecule has 6 amide bonds. The number of carboxylic acids is 1. The van der Waals surface area contributed by atoms with Gasteiger partial charge in [-0.15, -0.1) is 0 Å². The van der Waals surface area contributed by atoms with Gasteiger partial charge in [0.25, 0.3) is 0 Å². The lowest BCUT2D eigenvalue weighted by molar-refractivity contribution is -0.138. The van der Waals surface area contributed by atoms with E-state index in [2.05, 4.69) is 51.8 Å². The third-order valence-corrected chi connectivity index (χ3v) is 6.30. The zero-order valence-corrected chi connectivity index (χ0v) is 25.2. The number of carbonyl (C=O) groups is 7. The number of hydrogen-bond acceptors (Lipinski definition) is 11. The van der Waals surface area contributed by atoms with Gasteiger partial charge in [0.1, 0.15) is 24.7 Å². The number of aliphatic hydroxyl groups is 1. The number of amides is 6. The van der Waals surface area contributed by atoms with Crippen molar-refractivity contribution >= 4 is 41.4 Å². The van der Waals surface area contributed by atoms with Gasteiger partial charge < -0.3 is 57.8 Å². The highest BCUT2D eigenvalue weighted by Crippen LogP contribution is 2.03. The molecule has 0 bridgehead atoms. The summed E-state index contributed by atoms with van der Waals surface area (Å²) in [5.74, 6) is -6.48. The zero-order chi connectivity index (χ0) is 34.2. The average Bonchev–Trinajstić information content (AvgIpc) is 3.72. The van der Waals surface area contributed by atoms with E-state index in [1.807, 2.05) is 0 Å². The molecule has 0 aromatic carbocycles.